The molecule has 0 saturated heterocycles. The van der Waals surface area contributed by atoms with E-state index in [1.54, 1.807) is 36.4 Å². The molecule has 1 unspecified atom stereocenters. The third-order valence-corrected chi connectivity index (χ3v) is 8.76. The zero-order chi connectivity index (χ0) is 30.9. The summed E-state index contributed by atoms with van der Waals surface area (Å²) in [7, 11) is 0. The van der Waals surface area contributed by atoms with Crippen LogP contribution in [0.5, 0.6) is 0 Å². The SMILES string of the molecule is Cc1ccc(C)c(NC(=O)C(Sc2cccc(NC(=O)/C(=C/c3cccs3)NC(=O)c3ccccc3)c2)c2ccccc2)c1. The van der Waals surface area contributed by atoms with Crippen LogP contribution in [-0.2, 0) is 9.59 Å². The minimum absolute atomic E-state index is 0.120. The van der Waals surface area contributed by atoms with Gasteiger partial charge < -0.3 is 16.0 Å². The average molecular weight is 618 g/mol. The first-order chi connectivity index (χ1) is 21.4. The fourth-order valence-corrected chi connectivity index (χ4v) is 6.15. The van der Waals surface area contributed by atoms with Crippen molar-refractivity contribution >= 4 is 58.3 Å². The highest BCUT2D eigenvalue weighted by molar-refractivity contribution is 8.00. The van der Waals surface area contributed by atoms with Gasteiger partial charge >= 0.3 is 0 Å². The molecule has 8 heteroatoms. The van der Waals surface area contributed by atoms with Crippen LogP contribution in [0.3, 0.4) is 0 Å². The molecule has 0 aliphatic heterocycles. The molecule has 1 aromatic heterocycles. The predicted molar refractivity (Wildman–Crippen MR) is 181 cm³/mol. The number of thiophene rings is 1. The van der Waals surface area contributed by atoms with Crippen LogP contribution in [0.2, 0.25) is 0 Å². The topological polar surface area (TPSA) is 87.3 Å². The summed E-state index contributed by atoms with van der Waals surface area (Å²) in [5, 5.41) is 10.2. The van der Waals surface area contributed by atoms with Gasteiger partial charge in [0.05, 0.1) is 0 Å². The highest BCUT2D eigenvalue weighted by Gasteiger charge is 2.23. The van der Waals surface area contributed by atoms with Crippen molar-refractivity contribution in [3.05, 3.63) is 153 Å². The van der Waals surface area contributed by atoms with Gasteiger partial charge in [-0.15, -0.1) is 23.1 Å². The van der Waals surface area contributed by atoms with E-state index in [4.69, 9.17) is 0 Å². The van der Waals surface area contributed by atoms with Crippen molar-refractivity contribution in [3.8, 4) is 0 Å². The second kappa shape index (κ2) is 14.5. The smallest absolute Gasteiger partial charge is 0.272 e. The van der Waals surface area contributed by atoms with Crippen LogP contribution < -0.4 is 16.0 Å². The van der Waals surface area contributed by atoms with Gasteiger partial charge in [0.1, 0.15) is 10.9 Å². The second-order valence-electron chi connectivity index (χ2n) is 10.1. The molecule has 0 fully saturated rings. The molecule has 1 heterocycles. The summed E-state index contributed by atoms with van der Waals surface area (Å²) in [5.41, 5.74) is 4.78. The first-order valence-corrected chi connectivity index (χ1v) is 15.7. The summed E-state index contributed by atoms with van der Waals surface area (Å²) >= 11 is 2.86. The number of thioether (sulfide) groups is 1. The summed E-state index contributed by atoms with van der Waals surface area (Å²) in [6.07, 6.45) is 1.66. The highest BCUT2D eigenvalue weighted by atomic mass is 32.2. The maximum atomic E-state index is 13.7. The van der Waals surface area contributed by atoms with Gasteiger partial charge in [-0.05, 0) is 84.5 Å². The van der Waals surface area contributed by atoms with Gasteiger partial charge in [0.25, 0.3) is 11.8 Å². The van der Waals surface area contributed by atoms with E-state index in [2.05, 4.69) is 16.0 Å². The fourth-order valence-electron chi connectivity index (χ4n) is 4.41. The zero-order valence-corrected chi connectivity index (χ0v) is 25.9. The third-order valence-electron chi connectivity index (χ3n) is 6.70. The Labute approximate surface area is 265 Å². The lowest BCUT2D eigenvalue weighted by Crippen LogP contribution is -2.30. The molecule has 0 saturated carbocycles. The zero-order valence-electron chi connectivity index (χ0n) is 24.2. The number of hydrogen-bond acceptors (Lipinski definition) is 5. The Balaban J connectivity index is 1.36. The van der Waals surface area contributed by atoms with E-state index in [-0.39, 0.29) is 17.5 Å². The number of carbonyl (C=O) groups excluding carboxylic acids is 3. The third kappa shape index (κ3) is 8.12. The number of amides is 3. The van der Waals surface area contributed by atoms with Crippen molar-refractivity contribution in [1.82, 2.24) is 5.32 Å². The van der Waals surface area contributed by atoms with E-state index in [1.165, 1.54) is 23.1 Å². The van der Waals surface area contributed by atoms with E-state index < -0.39 is 11.2 Å². The van der Waals surface area contributed by atoms with Crippen LogP contribution in [0.25, 0.3) is 6.08 Å². The van der Waals surface area contributed by atoms with Crippen molar-refractivity contribution in [2.24, 2.45) is 0 Å². The van der Waals surface area contributed by atoms with Gasteiger partial charge in [-0.2, -0.15) is 0 Å². The van der Waals surface area contributed by atoms with Crippen LogP contribution in [0, 0.1) is 13.8 Å². The number of nitrogens with one attached hydrogen (secondary N) is 3. The second-order valence-corrected chi connectivity index (χ2v) is 12.2. The quantitative estimate of drug-likeness (QED) is 0.109. The molecule has 5 rings (SSSR count). The number of anilines is 2. The van der Waals surface area contributed by atoms with Crippen molar-refractivity contribution < 1.29 is 14.4 Å². The predicted octanol–water partition coefficient (Wildman–Crippen LogP) is 8.25. The van der Waals surface area contributed by atoms with E-state index in [0.717, 1.165) is 32.2 Å². The van der Waals surface area contributed by atoms with Crippen LogP contribution in [0.15, 0.2) is 131 Å². The standard InChI is InChI=1S/C36H31N3O3S2/c1-24-18-19-25(2)31(21-24)38-36(42)33(26-11-5-3-6-12-26)44-30-16-9-15-28(22-30)37-35(41)32(23-29-17-10-20-43-29)39-34(40)27-13-7-4-8-14-27/h3-23,33H,1-2H3,(H,37,41)(H,38,42)(H,39,40)/b32-23-. The van der Waals surface area contributed by atoms with E-state index in [1.807, 2.05) is 104 Å². The van der Waals surface area contributed by atoms with Gasteiger partial charge in [-0.25, -0.2) is 0 Å². The molecule has 4 aromatic carbocycles. The monoisotopic (exact) mass is 617 g/mol. The molecule has 3 N–H and O–H groups in total. The summed E-state index contributed by atoms with van der Waals surface area (Å²) in [4.78, 5) is 41.7. The maximum Gasteiger partial charge on any atom is 0.272 e. The molecule has 0 spiro atoms. The highest BCUT2D eigenvalue weighted by Crippen LogP contribution is 2.37. The lowest BCUT2D eigenvalue weighted by atomic mass is 10.1. The largest absolute Gasteiger partial charge is 0.325 e. The van der Waals surface area contributed by atoms with Crippen molar-refractivity contribution in [2.45, 2.75) is 24.0 Å². The first-order valence-electron chi connectivity index (χ1n) is 14.0. The van der Waals surface area contributed by atoms with E-state index in [9.17, 15) is 14.4 Å². The van der Waals surface area contributed by atoms with E-state index in [0.29, 0.717) is 11.3 Å². The molecule has 0 bridgehead atoms. The van der Waals surface area contributed by atoms with Gasteiger partial charge in [0, 0.05) is 26.7 Å². The van der Waals surface area contributed by atoms with E-state index >= 15 is 0 Å². The van der Waals surface area contributed by atoms with Crippen LogP contribution in [0.1, 0.15) is 37.2 Å². The Hall–Kier alpha value is -4.92. The first kappa shape index (κ1) is 30.5. The number of carbonyl (C=O) groups is 3. The lowest BCUT2D eigenvalue weighted by Gasteiger charge is -2.19. The van der Waals surface area contributed by atoms with Crippen molar-refractivity contribution in [2.75, 3.05) is 10.6 Å². The summed E-state index contributed by atoms with van der Waals surface area (Å²) in [6, 6.07) is 35.4. The number of rotatable bonds is 10. The molecule has 0 aliphatic rings. The number of aryl methyl sites for hydroxylation is 2. The minimum atomic E-state index is -0.540. The lowest BCUT2D eigenvalue weighted by molar-refractivity contribution is -0.116. The Bertz CT molecular complexity index is 1790. The molecule has 5 aromatic rings. The molecule has 220 valence electrons. The van der Waals surface area contributed by atoms with Crippen LogP contribution in [-0.4, -0.2) is 17.7 Å². The summed E-state index contributed by atoms with van der Waals surface area (Å²) in [6.45, 7) is 3.96. The molecule has 44 heavy (non-hydrogen) atoms. The number of hydrogen-bond donors (Lipinski definition) is 3. The Kier molecular flexibility index (Phi) is 10.1. The normalized spacial score (nSPS) is 11.8. The molecular formula is C36H31N3O3S2. The Morgan fingerprint density at radius 3 is 2.25 bits per heavy atom. The molecule has 0 radical (unpaired) electrons. The van der Waals surface area contributed by atoms with Crippen LogP contribution in [0.4, 0.5) is 11.4 Å². The van der Waals surface area contributed by atoms with Crippen molar-refractivity contribution in [1.29, 1.82) is 0 Å². The summed E-state index contributed by atoms with van der Waals surface area (Å²) in [5.74, 6) is -0.986. The Morgan fingerprint density at radius 2 is 1.52 bits per heavy atom. The average Bonchev–Trinajstić information content (AvgIpc) is 3.55. The number of benzene rings is 4. The molecule has 1 atom stereocenters. The van der Waals surface area contributed by atoms with Gasteiger partial charge in [-0.3, -0.25) is 14.4 Å². The van der Waals surface area contributed by atoms with Gasteiger partial charge in [0.15, 0.2) is 0 Å². The molecule has 0 aliphatic carbocycles. The van der Waals surface area contributed by atoms with Gasteiger partial charge in [-0.1, -0.05) is 72.8 Å². The fraction of sp³-hybridized carbons (Fsp3) is 0.0833. The van der Waals surface area contributed by atoms with Crippen molar-refractivity contribution in [3.63, 3.8) is 0 Å². The molecular weight excluding hydrogens is 587 g/mol. The Morgan fingerprint density at radius 1 is 0.773 bits per heavy atom. The molecule has 3 amide bonds. The summed E-state index contributed by atoms with van der Waals surface area (Å²) < 4.78 is 0. The molecule has 6 nitrogen and oxygen atoms in total. The van der Waals surface area contributed by atoms with Gasteiger partial charge in [0.2, 0.25) is 5.91 Å². The minimum Gasteiger partial charge on any atom is -0.325 e. The van der Waals surface area contributed by atoms with Crippen LogP contribution >= 0.6 is 23.1 Å². The maximum absolute atomic E-state index is 13.7.